The topological polar surface area (TPSA) is 175 Å². The second kappa shape index (κ2) is 22.1. The Labute approximate surface area is 272 Å². The first kappa shape index (κ1) is 38.7. The number of nitrogens with zero attached hydrogens (tertiary/aromatic N) is 1. The van der Waals surface area contributed by atoms with E-state index in [0.717, 1.165) is 12.0 Å². The van der Waals surface area contributed by atoms with Crippen molar-refractivity contribution >= 4 is 17.8 Å². The number of esters is 2. The molecule has 5 atom stereocenters. The Morgan fingerprint density at radius 3 is 2.41 bits per heavy atom. The maximum Gasteiger partial charge on any atom is 0.325 e. The van der Waals surface area contributed by atoms with Crippen LogP contribution in [0.1, 0.15) is 96.5 Å². The SMILES string of the molecule is CC(C)OC(=O)CCC/C=C\C[C@@H]1[C@@H](CC[C@H](CCc2ccccc2)OC(=O)CNC(=O)CCCCCO[N+](=O)[O-])[C@H](O)C[C@@H]1O. The standard InChI is InChI=1S/C34H52N2O10/c1-25(2)45-33(40)17-11-4-3-9-15-28-29(31(38)23-30(28)37)21-20-27(19-18-26-13-7-5-8-14-26)46-34(41)24-35-32(39)16-10-6-12-22-44-36(42)43/h3,5,7-9,13-14,25,27-31,37-38H,4,6,10-12,15-24H2,1-2H3,(H,35,39)/b9-3-/t27-,28+,29+,30-,31+/m0/s1. The molecule has 2 rings (SSSR count). The largest absolute Gasteiger partial charge is 0.463 e. The highest BCUT2D eigenvalue weighted by Gasteiger charge is 2.40. The maximum atomic E-state index is 12.7. The Morgan fingerprint density at radius 2 is 1.70 bits per heavy atom. The molecule has 46 heavy (non-hydrogen) atoms. The van der Waals surface area contributed by atoms with E-state index >= 15 is 0 Å². The number of benzene rings is 1. The summed E-state index contributed by atoms with van der Waals surface area (Å²) in [4.78, 5) is 51.0. The molecule has 1 fully saturated rings. The molecular weight excluding hydrogens is 596 g/mol. The van der Waals surface area contributed by atoms with Gasteiger partial charge < -0.3 is 29.8 Å². The zero-order chi connectivity index (χ0) is 33.7. The molecular formula is C34H52N2O10. The predicted molar refractivity (Wildman–Crippen MR) is 171 cm³/mol. The second-order valence-corrected chi connectivity index (χ2v) is 12.2. The van der Waals surface area contributed by atoms with Crippen LogP contribution in [-0.4, -0.2) is 70.7 Å². The maximum absolute atomic E-state index is 12.7. The van der Waals surface area contributed by atoms with Gasteiger partial charge in [-0.25, -0.2) is 0 Å². The number of aliphatic hydroxyl groups is 2. The first-order valence-electron chi connectivity index (χ1n) is 16.5. The van der Waals surface area contributed by atoms with Gasteiger partial charge in [0, 0.05) is 12.8 Å². The molecule has 3 N–H and O–H groups in total. The van der Waals surface area contributed by atoms with Gasteiger partial charge in [-0.3, -0.25) is 14.4 Å². The molecule has 12 nitrogen and oxygen atoms in total. The minimum atomic E-state index is -0.846. The van der Waals surface area contributed by atoms with Crippen molar-refractivity contribution in [3.8, 4) is 0 Å². The summed E-state index contributed by atoms with van der Waals surface area (Å²) in [6.45, 7) is 3.36. The van der Waals surface area contributed by atoms with Crippen molar-refractivity contribution in [3.63, 3.8) is 0 Å². The van der Waals surface area contributed by atoms with E-state index in [2.05, 4.69) is 10.2 Å². The van der Waals surface area contributed by atoms with E-state index in [1.807, 2.05) is 56.3 Å². The summed E-state index contributed by atoms with van der Waals surface area (Å²) in [6, 6.07) is 9.86. The quantitative estimate of drug-likeness (QED) is 0.0499. The van der Waals surface area contributed by atoms with Gasteiger partial charge in [0.25, 0.3) is 5.09 Å². The van der Waals surface area contributed by atoms with E-state index in [9.17, 15) is 34.7 Å². The lowest BCUT2D eigenvalue weighted by Gasteiger charge is -2.25. The Bertz CT molecular complexity index is 1080. The number of carbonyl (C=O) groups excluding carboxylic acids is 3. The number of aryl methyl sites for hydroxylation is 1. The number of nitrogens with one attached hydrogen (secondary N) is 1. The Balaban J connectivity index is 1.85. The van der Waals surface area contributed by atoms with Crippen LogP contribution in [0, 0.1) is 22.0 Å². The van der Waals surface area contributed by atoms with Crippen LogP contribution >= 0.6 is 0 Å². The predicted octanol–water partition coefficient (Wildman–Crippen LogP) is 4.62. The first-order valence-corrected chi connectivity index (χ1v) is 16.5. The summed E-state index contributed by atoms with van der Waals surface area (Å²) >= 11 is 0. The van der Waals surface area contributed by atoms with Gasteiger partial charge in [-0.1, -0.05) is 48.9 Å². The van der Waals surface area contributed by atoms with Crippen molar-refractivity contribution in [2.24, 2.45) is 11.8 Å². The minimum Gasteiger partial charge on any atom is -0.463 e. The molecule has 1 amide bonds. The van der Waals surface area contributed by atoms with E-state index in [0.29, 0.717) is 70.6 Å². The molecule has 0 saturated heterocycles. The molecule has 1 aromatic carbocycles. The summed E-state index contributed by atoms with van der Waals surface area (Å²) < 4.78 is 11.0. The van der Waals surface area contributed by atoms with Crippen molar-refractivity contribution in [3.05, 3.63) is 58.2 Å². The van der Waals surface area contributed by atoms with Crippen molar-refractivity contribution in [1.82, 2.24) is 5.32 Å². The zero-order valence-electron chi connectivity index (χ0n) is 27.2. The van der Waals surface area contributed by atoms with Crippen LogP contribution in [0.2, 0.25) is 0 Å². The molecule has 0 radical (unpaired) electrons. The van der Waals surface area contributed by atoms with Crippen molar-refractivity contribution < 1.29 is 44.0 Å². The highest BCUT2D eigenvalue weighted by molar-refractivity contribution is 5.81. The van der Waals surface area contributed by atoms with E-state index in [1.54, 1.807) is 0 Å². The number of carbonyl (C=O) groups is 3. The fourth-order valence-corrected chi connectivity index (χ4v) is 5.77. The molecule has 0 unspecified atom stereocenters. The Hall–Kier alpha value is -3.51. The van der Waals surface area contributed by atoms with Crippen molar-refractivity contribution in [2.75, 3.05) is 13.2 Å². The van der Waals surface area contributed by atoms with Gasteiger partial charge in [-0.05, 0) is 95.5 Å². The van der Waals surface area contributed by atoms with Gasteiger partial charge in [0.2, 0.25) is 5.91 Å². The van der Waals surface area contributed by atoms with E-state index in [-0.39, 0.29) is 49.4 Å². The van der Waals surface area contributed by atoms with Crippen molar-refractivity contribution in [1.29, 1.82) is 0 Å². The molecule has 0 aliphatic heterocycles. The number of hydrogen-bond acceptors (Lipinski definition) is 10. The average molecular weight is 649 g/mol. The smallest absolute Gasteiger partial charge is 0.325 e. The summed E-state index contributed by atoms with van der Waals surface area (Å²) in [5, 5.41) is 33.4. The third-order valence-electron chi connectivity index (χ3n) is 8.11. The molecule has 1 aliphatic rings. The van der Waals surface area contributed by atoms with Crippen LogP contribution < -0.4 is 5.32 Å². The summed E-state index contributed by atoms with van der Waals surface area (Å²) in [5.41, 5.74) is 1.11. The van der Waals surface area contributed by atoms with Crippen LogP contribution in [0.5, 0.6) is 0 Å². The van der Waals surface area contributed by atoms with Gasteiger partial charge in [-0.15, -0.1) is 10.1 Å². The van der Waals surface area contributed by atoms with Crippen molar-refractivity contribution in [2.45, 2.75) is 122 Å². The molecule has 0 heterocycles. The van der Waals surface area contributed by atoms with E-state index in [1.165, 1.54) is 0 Å². The minimum absolute atomic E-state index is 0.0162. The lowest BCUT2D eigenvalue weighted by Crippen LogP contribution is -2.33. The van der Waals surface area contributed by atoms with Gasteiger partial charge in [0.1, 0.15) is 12.6 Å². The van der Waals surface area contributed by atoms with Crippen LogP contribution in [0.3, 0.4) is 0 Å². The van der Waals surface area contributed by atoms with Gasteiger partial charge >= 0.3 is 11.9 Å². The number of aliphatic hydroxyl groups excluding tert-OH is 2. The number of hydrogen-bond donors (Lipinski definition) is 3. The van der Waals surface area contributed by atoms with Gasteiger partial charge in [0.05, 0.1) is 24.9 Å². The zero-order valence-corrected chi connectivity index (χ0v) is 27.2. The highest BCUT2D eigenvalue weighted by Crippen LogP contribution is 2.38. The van der Waals surface area contributed by atoms with Crippen LogP contribution in [0.4, 0.5) is 0 Å². The molecule has 258 valence electrons. The third kappa shape index (κ3) is 16.7. The van der Waals surface area contributed by atoms with Crippen LogP contribution in [0.15, 0.2) is 42.5 Å². The fraction of sp³-hybridized carbons (Fsp3) is 0.676. The monoisotopic (exact) mass is 648 g/mol. The molecule has 1 saturated carbocycles. The lowest BCUT2D eigenvalue weighted by molar-refractivity contribution is -0.757. The molecule has 12 heteroatoms. The first-order chi connectivity index (χ1) is 22.0. The Morgan fingerprint density at radius 1 is 0.957 bits per heavy atom. The average Bonchev–Trinajstić information content (AvgIpc) is 3.28. The number of amides is 1. The molecule has 1 aromatic rings. The van der Waals surface area contributed by atoms with Crippen LogP contribution in [-0.2, 0) is 35.1 Å². The fourth-order valence-electron chi connectivity index (χ4n) is 5.77. The number of rotatable bonds is 23. The normalized spacial score (nSPS) is 20.0. The highest BCUT2D eigenvalue weighted by atomic mass is 16.9. The Kier molecular flexibility index (Phi) is 18.6. The van der Waals surface area contributed by atoms with E-state index in [4.69, 9.17) is 9.47 Å². The molecule has 0 bridgehead atoms. The van der Waals surface area contributed by atoms with Gasteiger partial charge in [0.15, 0.2) is 0 Å². The second-order valence-electron chi connectivity index (χ2n) is 12.2. The van der Waals surface area contributed by atoms with Gasteiger partial charge in [-0.2, -0.15) is 0 Å². The summed E-state index contributed by atoms with van der Waals surface area (Å²) in [6.07, 6.45) is 8.88. The van der Waals surface area contributed by atoms with E-state index < -0.39 is 29.4 Å². The number of allylic oxidation sites excluding steroid dienone is 2. The number of ether oxygens (including phenoxy) is 2. The third-order valence-corrected chi connectivity index (χ3v) is 8.11. The molecule has 0 aromatic heterocycles. The molecule has 0 spiro atoms. The summed E-state index contributed by atoms with van der Waals surface area (Å²) in [7, 11) is 0. The molecule has 1 aliphatic carbocycles. The summed E-state index contributed by atoms with van der Waals surface area (Å²) in [5.74, 6) is -1.35. The number of unbranched alkanes of at least 4 members (excludes halogenated alkanes) is 3. The van der Waals surface area contributed by atoms with Crippen LogP contribution in [0.25, 0.3) is 0 Å². The lowest BCUT2D eigenvalue weighted by atomic mass is 9.85.